The molecule has 0 saturated heterocycles. The molecule has 1 heterocycles. The Morgan fingerprint density at radius 1 is 1.02 bits per heavy atom. The molecular weight excluding hydrogens is 592 g/mol. The number of nitrogens with zero attached hydrogens (tertiary/aromatic N) is 4. The van der Waals surface area contributed by atoms with E-state index in [1.165, 1.54) is 0 Å². The lowest BCUT2D eigenvalue weighted by Crippen LogP contribution is -2.54. The van der Waals surface area contributed by atoms with Gasteiger partial charge >= 0.3 is 0 Å². The molecule has 230 valence electrons. The van der Waals surface area contributed by atoms with Crippen molar-refractivity contribution in [2.24, 2.45) is 10.1 Å². The summed E-state index contributed by atoms with van der Waals surface area (Å²) in [6, 6.07) is 31.4. The van der Waals surface area contributed by atoms with Gasteiger partial charge in [-0.1, -0.05) is 89.5 Å². The van der Waals surface area contributed by atoms with E-state index < -0.39 is 17.6 Å². The van der Waals surface area contributed by atoms with Crippen LogP contribution in [0.15, 0.2) is 113 Å². The molecule has 45 heavy (non-hydrogen) atoms. The predicted molar refractivity (Wildman–Crippen MR) is 173 cm³/mol. The number of aliphatic imine (C=N–C) groups is 1. The summed E-state index contributed by atoms with van der Waals surface area (Å²) in [6.45, 7) is 0.850. The van der Waals surface area contributed by atoms with Crippen LogP contribution in [0.1, 0.15) is 34.8 Å². The molecule has 1 amide bonds. The molecule has 5 rings (SSSR count). The zero-order chi connectivity index (χ0) is 31.5. The second kappa shape index (κ2) is 15.2. The summed E-state index contributed by atoms with van der Waals surface area (Å²) in [4.78, 5) is 22.4. The van der Waals surface area contributed by atoms with Crippen molar-refractivity contribution in [3.8, 4) is 5.75 Å². The quantitative estimate of drug-likeness (QED) is 0.0489. The highest BCUT2D eigenvalue weighted by Gasteiger charge is 2.54. The molecule has 0 unspecified atom stereocenters. The van der Waals surface area contributed by atoms with Crippen molar-refractivity contribution in [3.05, 3.63) is 141 Å². The number of carbonyl (C=O) groups is 1. The molecule has 0 aromatic heterocycles. The molecule has 0 fully saturated rings. The first-order valence-electron chi connectivity index (χ1n) is 14.6. The Labute approximate surface area is 266 Å². The number of carbonyl (C=O) groups excluding carboxylic acids is 1. The zero-order valence-electron chi connectivity index (χ0n) is 24.5. The van der Waals surface area contributed by atoms with E-state index >= 15 is 0 Å². The molecule has 2 atom stereocenters. The predicted octanol–water partition coefficient (Wildman–Crippen LogP) is 6.41. The molecule has 0 aliphatic carbocycles. The van der Waals surface area contributed by atoms with E-state index in [0.29, 0.717) is 53.6 Å². The maximum absolute atomic E-state index is 14.3. The molecule has 4 aromatic carbocycles. The zero-order valence-corrected chi connectivity index (χ0v) is 25.2. The van der Waals surface area contributed by atoms with Gasteiger partial charge in [0.15, 0.2) is 11.6 Å². The average Bonchev–Trinajstić information content (AvgIpc) is 3.45. The minimum Gasteiger partial charge on any atom is -0.494 e. The van der Waals surface area contributed by atoms with Crippen molar-refractivity contribution in [1.82, 2.24) is 10.9 Å². The smallest absolute Gasteiger partial charge is 0.266 e. The Kier molecular flexibility index (Phi) is 10.7. The fraction of sp³-hybridized carbons (Fsp3) is 0.235. The number of hydrogen-bond acceptors (Lipinski definition) is 7. The topological polar surface area (TPSA) is 141 Å². The highest BCUT2D eigenvalue weighted by Crippen LogP contribution is 2.45. The minimum atomic E-state index is -1.48. The van der Waals surface area contributed by atoms with Crippen molar-refractivity contribution < 1.29 is 19.4 Å². The standard InChI is InChI=1S/C34H33ClN6O4/c35-29-13-6-4-11-25(29)19-20-37-40-33(43)34(23-24-9-2-1-3-10-24)31(28-12-5-7-14-30(28)39-41-36)45-32(38-34)26-15-17-27(18-16-26)44-22-8-21-42/h1-7,9-18,31,37,42H,8,19-23H2,(H,40,43)/t31-,34-/m0/s1. The summed E-state index contributed by atoms with van der Waals surface area (Å²) >= 11 is 6.32. The maximum atomic E-state index is 14.3. The third kappa shape index (κ3) is 7.63. The normalized spacial score (nSPS) is 17.1. The van der Waals surface area contributed by atoms with E-state index in [1.807, 2.05) is 66.7 Å². The van der Waals surface area contributed by atoms with Crippen molar-refractivity contribution >= 4 is 29.1 Å². The molecule has 11 heteroatoms. The van der Waals surface area contributed by atoms with Crippen molar-refractivity contribution in [1.29, 1.82) is 0 Å². The maximum Gasteiger partial charge on any atom is 0.266 e. The fourth-order valence-corrected chi connectivity index (χ4v) is 5.39. The van der Waals surface area contributed by atoms with Gasteiger partial charge in [-0.05, 0) is 53.4 Å². The van der Waals surface area contributed by atoms with Crippen LogP contribution in [0.3, 0.4) is 0 Å². The number of halogens is 1. The molecule has 0 saturated carbocycles. The van der Waals surface area contributed by atoms with Gasteiger partial charge in [0.2, 0.25) is 5.90 Å². The molecule has 0 spiro atoms. The number of nitrogens with one attached hydrogen (secondary N) is 2. The Morgan fingerprint density at radius 2 is 1.76 bits per heavy atom. The molecule has 1 aliphatic rings. The second-order valence-electron chi connectivity index (χ2n) is 10.4. The third-order valence-corrected chi connectivity index (χ3v) is 7.77. The van der Waals surface area contributed by atoms with Crippen LogP contribution in [-0.4, -0.2) is 42.2 Å². The van der Waals surface area contributed by atoms with E-state index in [4.69, 9.17) is 31.2 Å². The highest BCUT2D eigenvalue weighted by molar-refractivity contribution is 6.31. The summed E-state index contributed by atoms with van der Waals surface area (Å²) in [5.41, 5.74) is 17.1. The van der Waals surface area contributed by atoms with E-state index in [1.54, 1.807) is 36.4 Å². The molecule has 10 nitrogen and oxygen atoms in total. The lowest BCUT2D eigenvalue weighted by Gasteiger charge is -2.31. The van der Waals surface area contributed by atoms with Gasteiger partial charge in [-0.2, -0.15) is 0 Å². The first-order chi connectivity index (χ1) is 22.0. The van der Waals surface area contributed by atoms with Gasteiger partial charge in [-0.3, -0.25) is 10.2 Å². The summed E-state index contributed by atoms with van der Waals surface area (Å²) in [6.07, 6.45) is 0.382. The Hall–Kier alpha value is -4.86. The molecular formula is C34H33ClN6O4. The Morgan fingerprint density at radius 3 is 2.51 bits per heavy atom. The molecule has 3 N–H and O–H groups in total. The van der Waals surface area contributed by atoms with Gasteiger partial charge < -0.3 is 14.6 Å². The second-order valence-corrected chi connectivity index (χ2v) is 10.8. The number of hydrazine groups is 1. The van der Waals surface area contributed by atoms with E-state index in [0.717, 1.165) is 11.1 Å². The van der Waals surface area contributed by atoms with Gasteiger partial charge in [-0.25, -0.2) is 10.4 Å². The number of amides is 1. The summed E-state index contributed by atoms with van der Waals surface area (Å²) in [5.74, 6) is 0.483. The monoisotopic (exact) mass is 624 g/mol. The van der Waals surface area contributed by atoms with Gasteiger partial charge in [0, 0.05) is 52.7 Å². The van der Waals surface area contributed by atoms with Crippen LogP contribution in [0.2, 0.25) is 5.02 Å². The van der Waals surface area contributed by atoms with Crippen LogP contribution in [0.5, 0.6) is 5.75 Å². The van der Waals surface area contributed by atoms with Crippen molar-refractivity contribution in [2.45, 2.75) is 30.9 Å². The van der Waals surface area contributed by atoms with Crippen LogP contribution in [-0.2, 0) is 22.4 Å². The fourth-order valence-electron chi connectivity index (χ4n) is 5.16. The van der Waals surface area contributed by atoms with Gasteiger partial charge in [-0.15, -0.1) is 0 Å². The SMILES string of the molecule is [N-]=[N+]=Nc1ccccc1[C@@H]1OC(c2ccc(OCCCO)cc2)=N[C@]1(Cc1ccccc1)C(=O)NNCCc1ccccc1Cl. The molecule has 0 radical (unpaired) electrons. The van der Waals surface area contributed by atoms with E-state index in [9.17, 15) is 10.3 Å². The number of ether oxygens (including phenoxy) is 2. The highest BCUT2D eigenvalue weighted by atomic mass is 35.5. The number of hydrogen-bond donors (Lipinski definition) is 3. The summed E-state index contributed by atoms with van der Waals surface area (Å²) < 4.78 is 12.2. The summed E-state index contributed by atoms with van der Waals surface area (Å²) in [7, 11) is 0. The number of azide groups is 1. The Balaban J connectivity index is 1.51. The van der Waals surface area contributed by atoms with Crippen LogP contribution in [0.25, 0.3) is 10.4 Å². The van der Waals surface area contributed by atoms with Gasteiger partial charge in [0.1, 0.15) is 5.75 Å². The lowest BCUT2D eigenvalue weighted by molar-refractivity contribution is -0.130. The average molecular weight is 625 g/mol. The van der Waals surface area contributed by atoms with Crippen LogP contribution in [0, 0.1) is 0 Å². The molecule has 4 aromatic rings. The Bertz CT molecular complexity index is 1680. The van der Waals surface area contributed by atoms with E-state index in [2.05, 4.69) is 20.9 Å². The molecule has 0 bridgehead atoms. The van der Waals surface area contributed by atoms with Crippen molar-refractivity contribution in [3.63, 3.8) is 0 Å². The first-order valence-corrected chi connectivity index (χ1v) is 15.0. The van der Waals surface area contributed by atoms with Gasteiger partial charge in [0.25, 0.3) is 5.91 Å². The van der Waals surface area contributed by atoms with E-state index in [-0.39, 0.29) is 18.9 Å². The number of aliphatic hydroxyl groups is 1. The number of benzene rings is 4. The van der Waals surface area contributed by atoms with Crippen LogP contribution in [0.4, 0.5) is 5.69 Å². The number of aliphatic hydroxyl groups excluding tert-OH is 1. The van der Waals surface area contributed by atoms with Gasteiger partial charge in [0.05, 0.1) is 6.61 Å². The van der Waals surface area contributed by atoms with Crippen LogP contribution < -0.4 is 15.6 Å². The third-order valence-electron chi connectivity index (χ3n) is 7.40. The first kappa shape index (κ1) is 31.6. The lowest BCUT2D eigenvalue weighted by atomic mass is 9.81. The van der Waals surface area contributed by atoms with Crippen LogP contribution >= 0.6 is 11.6 Å². The number of rotatable bonds is 14. The molecule has 1 aliphatic heterocycles. The minimum absolute atomic E-state index is 0.0435. The largest absolute Gasteiger partial charge is 0.494 e. The summed E-state index contributed by atoms with van der Waals surface area (Å²) in [5, 5.41) is 13.6. The van der Waals surface area contributed by atoms with Crippen molar-refractivity contribution in [2.75, 3.05) is 19.8 Å².